The molecule has 2 fully saturated rings. The van der Waals surface area contributed by atoms with E-state index >= 15 is 0 Å². The Bertz CT molecular complexity index is 907. The number of piperidine rings is 1. The molecule has 1 saturated heterocycles. The first-order valence-corrected chi connectivity index (χ1v) is 10.3. The largest absolute Gasteiger partial charge is 0.497 e. The lowest BCUT2D eigenvalue weighted by atomic mass is 9.65. The quantitative estimate of drug-likeness (QED) is 0.779. The van der Waals surface area contributed by atoms with Gasteiger partial charge in [-0.1, -0.05) is 0 Å². The highest BCUT2D eigenvalue weighted by molar-refractivity contribution is 5.86. The van der Waals surface area contributed by atoms with Gasteiger partial charge in [0.15, 0.2) is 0 Å². The molecule has 0 amide bonds. The SMILES string of the molecule is COC(=O)[C@H]1[C@@H]2C[C@@H]3c4[nH]c5cc(OC)ccc5c4CCN3C[C@H]2CC[C@@H]1O. The number of esters is 1. The van der Waals surface area contributed by atoms with Crippen LogP contribution in [0.25, 0.3) is 10.9 Å². The second-order valence-corrected chi connectivity index (χ2v) is 8.54. The minimum Gasteiger partial charge on any atom is -0.497 e. The Morgan fingerprint density at radius 2 is 2.14 bits per heavy atom. The maximum absolute atomic E-state index is 12.4. The first-order valence-electron chi connectivity index (χ1n) is 10.3. The number of aliphatic hydroxyl groups excluding tert-OH is 1. The Kier molecular flexibility index (Phi) is 4.36. The number of carbonyl (C=O) groups is 1. The van der Waals surface area contributed by atoms with Crippen LogP contribution in [0.15, 0.2) is 18.2 Å². The molecule has 1 aromatic heterocycles. The summed E-state index contributed by atoms with van der Waals surface area (Å²) in [6.45, 7) is 2.04. The van der Waals surface area contributed by atoms with Crippen LogP contribution in [-0.4, -0.2) is 54.4 Å². The minimum atomic E-state index is -0.588. The van der Waals surface area contributed by atoms with Crippen LogP contribution in [0, 0.1) is 17.8 Å². The number of nitrogens with one attached hydrogen (secondary N) is 1. The molecule has 1 aromatic carbocycles. The molecule has 0 radical (unpaired) electrons. The molecule has 6 heteroatoms. The maximum Gasteiger partial charge on any atom is 0.311 e. The molecule has 6 nitrogen and oxygen atoms in total. The van der Waals surface area contributed by atoms with Crippen LogP contribution in [0.4, 0.5) is 0 Å². The number of ether oxygens (including phenoxy) is 2. The van der Waals surface area contributed by atoms with Crippen LogP contribution in [-0.2, 0) is 16.0 Å². The Morgan fingerprint density at radius 1 is 1.29 bits per heavy atom. The van der Waals surface area contributed by atoms with Gasteiger partial charge >= 0.3 is 5.97 Å². The van der Waals surface area contributed by atoms with Gasteiger partial charge in [-0.15, -0.1) is 0 Å². The molecule has 150 valence electrons. The van der Waals surface area contributed by atoms with Crippen LogP contribution in [0.2, 0.25) is 0 Å². The van der Waals surface area contributed by atoms with E-state index in [4.69, 9.17) is 9.47 Å². The first kappa shape index (κ1) is 18.0. The summed E-state index contributed by atoms with van der Waals surface area (Å²) in [6.07, 6.45) is 3.02. The number of aromatic nitrogens is 1. The lowest BCUT2D eigenvalue weighted by Gasteiger charge is -2.50. The van der Waals surface area contributed by atoms with E-state index in [9.17, 15) is 9.90 Å². The predicted octanol–water partition coefficient (Wildman–Crippen LogP) is 2.66. The van der Waals surface area contributed by atoms with Crippen molar-refractivity contribution in [2.24, 2.45) is 17.8 Å². The van der Waals surface area contributed by atoms with Crippen LogP contribution < -0.4 is 4.74 Å². The van der Waals surface area contributed by atoms with Gasteiger partial charge < -0.3 is 19.6 Å². The second-order valence-electron chi connectivity index (χ2n) is 8.54. The molecule has 1 saturated carbocycles. The van der Waals surface area contributed by atoms with E-state index in [0.717, 1.165) is 43.6 Å². The predicted molar refractivity (Wildman–Crippen MR) is 105 cm³/mol. The zero-order valence-corrected chi connectivity index (χ0v) is 16.5. The van der Waals surface area contributed by atoms with E-state index in [0.29, 0.717) is 12.3 Å². The summed E-state index contributed by atoms with van der Waals surface area (Å²) >= 11 is 0. The van der Waals surface area contributed by atoms with Gasteiger partial charge in [0.1, 0.15) is 5.75 Å². The third-order valence-electron chi connectivity index (χ3n) is 7.32. The average Bonchev–Trinajstić information content (AvgIpc) is 3.10. The number of methoxy groups -OCH3 is 2. The number of aliphatic hydroxyl groups is 1. The van der Waals surface area contributed by atoms with Crippen molar-refractivity contribution in [3.8, 4) is 5.75 Å². The molecule has 5 atom stereocenters. The summed E-state index contributed by atoms with van der Waals surface area (Å²) < 4.78 is 10.4. The normalized spacial score (nSPS) is 32.3. The van der Waals surface area contributed by atoms with Gasteiger partial charge in [-0.25, -0.2) is 0 Å². The summed E-state index contributed by atoms with van der Waals surface area (Å²) in [7, 11) is 3.12. The van der Waals surface area contributed by atoms with Crippen LogP contribution >= 0.6 is 0 Å². The van der Waals surface area contributed by atoms with E-state index in [1.807, 2.05) is 6.07 Å². The standard InChI is InChI=1S/C22H28N2O4/c1-27-13-4-5-14-15-7-8-24-11-12-3-6-19(25)20(22(26)28-2)16(12)10-18(24)21(15)23-17(14)9-13/h4-5,9,12,16,18-20,23,25H,3,6-8,10-11H2,1-2H3/t12-,16-,18-,19+,20+/m1/s1. The number of H-pyrrole nitrogens is 1. The Hall–Kier alpha value is -2.05. The maximum atomic E-state index is 12.4. The smallest absolute Gasteiger partial charge is 0.311 e. The number of fused-ring (bicyclic) bond motifs is 6. The van der Waals surface area contributed by atoms with E-state index in [1.165, 1.54) is 23.8 Å². The fourth-order valence-corrected chi connectivity index (χ4v) is 5.97. The summed E-state index contributed by atoms with van der Waals surface area (Å²) in [5.41, 5.74) is 3.78. The van der Waals surface area contributed by atoms with Crippen molar-refractivity contribution in [2.45, 2.75) is 37.8 Å². The molecule has 0 unspecified atom stereocenters. The van der Waals surface area contributed by atoms with Crippen molar-refractivity contribution in [1.29, 1.82) is 0 Å². The van der Waals surface area contributed by atoms with Gasteiger partial charge in [-0.05, 0) is 55.2 Å². The molecule has 28 heavy (non-hydrogen) atoms. The Morgan fingerprint density at radius 3 is 2.93 bits per heavy atom. The lowest BCUT2D eigenvalue weighted by Crippen LogP contribution is -2.53. The summed E-state index contributed by atoms with van der Waals surface area (Å²) in [5.74, 6) is 0.820. The van der Waals surface area contributed by atoms with E-state index in [-0.39, 0.29) is 17.9 Å². The molecule has 3 aliphatic rings. The number of hydrogen-bond donors (Lipinski definition) is 2. The second kappa shape index (κ2) is 6.78. The van der Waals surface area contributed by atoms with Crippen molar-refractivity contribution in [2.75, 3.05) is 27.3 Å². The average molecular weight is 384 g/mol. The molecule has 2 N–H and O–H groups in total. The Balaban J connectivity index is 1.52. The third-order valence-corrected chi connectivity index (χ3v) is 7.32. The molecule has 1 aliphatic carbocycles. The summed E-state index contributed by atoms with van der Waals surface area (Å²) in [6, 6.07) is 6.49. The molecular weight excluding hydrogens is 356 g/mol. The fourth-order valence-electron chi connectivity index (χ4n) is 5.97. The highest BCUT2D eigenvalue weighted by atomic mass is 16.5. The first-order chi connectivity index (χ1) is 13.6. The van der Waals surface area contributed by atoms with E-state index in [1.54, 1.807) is 7.11 Å². The van der Waals surface area contributed by atoms with Gasteiger partial charge in [0.2, 0.25) is 0 Å². The zero-order chi connectivity index (χ0) is 19.4. The van der Waals surface area contributed by atoms with Gasteiger partial charge in [0, 0.05) is 35.8 Å². The molecule has 5 rings (SSSR count). The highest BCUT2D eigenvalue weighted by Gasteiger charge is 2.49. The van der Waals surface area contributed by atoms with Crippen LogP contribution in [0.1, 0.15) is 36.6 Å². The lowest BCUT2D eigenvalue weighted by molar-refractivity contribution is -0.160. The third kappa shape index (κ3) is 2.65. The van der Waals surface area contributed by atoms with Crippen molar-refractivity contribution in [3.63, 3.8) is 0 Å². The van der Waals surface area contributed by atoms with Crippen LogP contribution in [0.5, 0.6) is 5.75 Å². The Labute approximate surface area is 164 Å². The van der Waals surface area contributed by atoms with Crippen molar-refractivity contribution in [1.82, 2.24) is 9.88 Å². The van der Waals surface area contributed by atoms with Crippen molar-refractivity contribution >= 4 is 16.9 Å². The van der Waals surface area contributed by atoms with Gasteiger partial charge in [-0.2, -0.15) is 0 Å². The zero-order valence-electron chi connectivity index (χ0n) is 16.5. The highest BCUT2D eigenvalue weighted by Crippen LogP contribution is 2.49. The number of hydrogen-bond acceptors (Lipinski definition) is 5. The fraction of sp³-hybridized carbons (Fsp3) is 0.591. The topological polar surface area (TPSA) is 74.8 Å². The molecule has 0 spiro atoms. The number of aromatic amines is 1. The molecule has 0 bridgehead atoms. The van der Waals surface area contributed by atoms with E-state index < -0.39 is 12.0 Å². The monoisotopic (exact) mass is 384 g/mol. The van der Waals surface area contributed by atoms with Crippen molar-refractivity contribution < 1.29 is 19.4 Å². The van der Waals surface area contributed by atoms with Crippen molar-refractivity contribution in [3.05, 3.63) is 29.5 Å². The number of nitrogens with zero attached hydrogens (tertiary/aromatic N) is 1. The van der Waals surface area contributed by atoms with Gasteiger partial charge in [0.05, 0.1) is 32.3 Å². The molecular formula is C22H28N2O4. The van der Waals surface area contributed by atoms with Crippen LogP contribution in [0.3, 0.4) is 0 Å². The number of carbonyl (C=O) groups excluding carboxylic acids is 1. The molecule has 3 heterocycles. The molecule has 2 aromatic rings. The number of benzene rings is 1. The molecule has 2 aliphatic heterocycles. The van der Waals surface area contributed by atoms with Gasteiger partial charge in [0.25, 0.3) is 0 Å². The summed E-state index contributed by atoms with van der Waals surface area (Å²) in [5, 5.41) is 11.8. The van der Waals surface area contributed by atoms with E-state index in [2.05, 4.69) is 22.0 Å². The summed E-state index contributed by atoms with van der Waals surface area (Å²) in [4.78, 5) is 18.7. The van der Waals surface area contributed by atoms with Gasteiger partial charge in [-0.3, -0.25) is 9.69 Å². The minimum absolute atomic E-state index is 0.171. The number of rotatable bonds is 2.